The zero-order valence-electron chi connectivity index (χ0n) is 10.2. The van der Waals surface area contributed by atoms with Gasteiger partial charge in [0, 0.05) is 18.2 Å². The van der Waals surface area contributed by atoms with Crippen LogP contribution in [0.3, 0.4) is 0 Å². The van der Waals surface area contributed by atoms with Crippen LogP contribution in [0.2, 0.25) is 0 Å². The number of nitrogens with zero attached hydrogens (tertiary/aromatic N) is 1. The van der Waals surface area contributed by atoms with Gasteiger partial charge in [0.15, 0.2) is 0 Å². The summed E-state index contributed by atoms with van der Waals surface area (Å²) in [6.07, 6.45) is 1.30. The summed E-state index contributed by atoms with van der Waals surface area (Å²) in [6, 6.07) is 1.30. The maximum Gasteiger partial charge on any atom is 0.337 e. The van der Waals surface area contributed by atoms with Gasteiger partial charge in [-0.15, -0.1) is 0 Å². The molecule has 1 aromatic heterocycles. The van der Waals surface area contributed by atoms with E-state index < -0.39 is 17.4 Å². The number of carboxylic acids is 1. The van der Waals surface area contributed by atoms with Gasteiger partial charge in [0.2, 0.25) is 5.91 Å². The highest BCUT2D eigenvalue weighted by Gasteiger charge is 2.22. The van der Waals surface area contributed by atoms with Crippen molar-refractivity contribution in [1.29, 1.82) is 0 Å². The number of amides is 1. The molecule has 0 saturated carbocycles. The normalized spacial score (nSPS) is 11.0. The summed E-state index contributed by atoms with van der Waals surface area (Å²) >= 11 is 0. The van der Waals surface area contributed by atoms with Gasteiger partial charge in [-0.25, -0.2) is 9.78 Å². The van der Waals surface area contributed by atoms with Crippen LogP contribution in [0.4, 0.5) is 11.5 Å². The molecule has 0 unspecified atom stereocenters. The summed E-state index contributed by atoms with van der Waals surface area (Å²) in [4.78, 5) is 25.5. The highest BCUT2D eigenvalue weighted by molar-refractivity contribution is 5.89. The number of aromatic carboxylic acids is 1. The van der Waals surface area contributed by atoms with E-state index >= 15 is 0 Å². The third kappa shape index (κ3) is 3.62. The molecule has 18 heavy (non-hydrogen) atoms. The van der Waals surface area contributed by atoms with Crippen molar-refractivity contribution < 1.29 is 14.7 Å². The molecule has 1 amide bonds. The van der Waals surface area contributed by atoms with Crippen molar-refractivity contribution in [2.45, 2.75) is 25.8 Å². The highest BCUT2D eigenvalue weighted by atomic mass is 16.4. The maximum absolute atomic E-state index is 10.9. The van der Waals surface area contributed by atoms with Gasteiger partial charge in [-0.1, -0.05) is 0 Å². The summed E-state index contributed by atoms with van der Waals surface area (Å²) in [5, 5.41) is 11.7. The first-order valence-electron chi connectivity index (χ1n) is 5.26. The summed E-state index contributed by atoms with van der Waals surface area (Å²) < 4.78 is 0. The Labute approximate surface area is 104 Å². The quantitative estimate of drug-likeness (QED) is 0.600. The number of rotatable bonds is 5. The standard InChI is InChI=1S/C11H16N4O3/c1-11(2,4-8(13)16)15-9-7(12)3-6(5-14-9)10(17)18/h3,5H,4,12H2,1-2H3,(H2,13,16)(H,14,15)(H,17,18). The summed E-state index contributed by atoms with van der Waals surface area (Å²) in [5.41, 5.74) is 10.4. The molecule has 7 nitrogen and oxygen atoms in total. The number of hydrogen-bond acceptors (Lipinski definition) is 5. The van der Waals surface area contributed by atoms with Gasteiger partial charge in [-0.2, -0.15) is 0 Å². The molecule has 0 atom stereocenters. The molecule has 0 aliphatic heterocycles. The monoisotopic (exact) mass is 252 g/mol. The van der Waals surface area contributed by atoms with E-state index in [0.717, 1.165) is 0 Å². The first-order chi connectivity index (χ1) is 8.21. The van der Waals surface area contributed by atoms with Crippen LogP contribution < -0.4 is 16.8 Å². The van der Waals surface area contributed by atoms with E-state index in [4.69, 9.17) is 16.6 Å². The summed E-state index contributed by atoms with van der Waals surface area (Å²) in [6.45, 7) is 3.54. The summed E-state index contributed by atoms with van der Waals surface area (Å²) in [5.74, 6) is -1.23. The van der Waals surface area contributed by atoms with Crippen molar-refractivity contribution in [2.75, 3.05) is 11.1 Å². The van der Waals surface area contributed by atoms with Crippen molar-refractivity contribution in [3.8, 4) is 0 Å². The lowest BCUT2D eigenvalue weighted by atomic mass is 10.0. The lowest BCUT2D eigenvalue weighted by molar-refractivity contribution is -0.118. The average Bonchev–Trinajstić information content (AvgIpc) is 2.18. The van der Waals surface area contributed by atoms with Crippen LogP contribution in [-0.4, -0.2) is 27.5 Å². The Bertz CT molecular complexity index is 485. The second-order valence-electron chi connectivity index (χ2n) is 4.62. The van der Waals surface area contributed by atoms with Crippen LogP contribution in [0.5, 0.6) is 0 Å². The molecule has 0 bridgehead atoms. The van der Waals surface area contributed by atoms with Crippen LogP contribution in [0.1, 0.15) is 30.6 Å². The Kier molecular flexibility index (Phi) is 3.75. The fourth-order valence-electron chi connectivity index (χ4n) is 1.50. The highest BCUT2D eigenvalue weighted by Crippen LogP contribution is 2.22. The molecule has 0 spiro atoms. The predicted molar refractivity (Wildman–Crippen MR) is 67.1 cm³/mol. The van der Waals surface area contributed by atoms with Crippen molar-refractivity contribution in [3.05, 3.63) is 17.8 Å². The molecule has 98 valence electrons. The molecule has 0 radical (unpaired) electrons. The van der Waals surface area contributed by atoms with Crippen molar-refractivity contribution in [2.24, 2.45) is 5.73 Å². The molecule has 0 aliphatic rings. The number of nitrogens with one attached hydrogen (secondary N) is 1. The predicted octanol–water partition coefficient (Wildman–Crippen LogP) is 0.428. The van der Waals surface area contributed by atoms with Crippen LogP contribution in [0.25, 0.3) is 0 Å². The van der Waals surface area contributed by atoms with Gasteiger partial charge in [-0.3, -0.25) is 4.79 Å². The Morgan fingerprint density at radius 1 is 1.50 bits per heavy atom. The second kappa shape index (κ2) is 4.91. The lowest BCUT2D eigenvalue weighted by Gasteiger charge is -2.26. The SMILES string of the molecule is CC(C)(CC(N)=O)Nc1ncc(C(=O)O)cc1N. The van der Waals surface area contributed by atoms with Crippen molar-refractivity contribution >= 4 is 23.4 Å². The van der Waals surface area contributed by atoms with Crippen molar-refractivity contribution in [3.63, 3.8) is 0 Å². The van der Waals surface area contributed by atoms with Crippen LogP contribution in [-0.2, 0) is 4.79 Å². The van der Waals surface area contributed by atoms with E-state index in [0.29, 0.717) is 5.82 Å². The van der Waals surface area contributed by atoms with Gasteiger partial charge < -0.3 is 21.9 Å². The smallest absolute Gasteiger partial charge is 0.337 e. The zero-order valence-corrected chi connectivity index (χ0v) is 10.2. The Balaban J connectivity index is 2.92. The molecule has 6 N–H and O–H groups in total. The van der Waals surface area contributed by atoms with E-state index in [2.05, 4.69) is 10.3 Å². The number of primary amides is 1. The second-order valence-corrected chi connectivity index (χ2v) is 4.62. The molecular formula is C11H16N4O3. The van der Waals surface area contributed by atoms with Crippen LogP contribution >= 0.6 is 0 Å². The molecule has 0 aromatic carbocycles. The number of hydrogen-bond donors (Lipinski definition) is 4. The number of nitrogens with two attached hydrogens (primary N) is 2. The van der Waals surface area contributed by atoms with Gasteiger partial charge >= 0.3 is 5.97 Å². The Morgan fingerprint density at radius 2 is 2.11 bits per heavy atom. The van der Waals surface area contributed by atoms with E-state index in [9.17, 15) is 9.59 Å². The van der Waals surface area contributed by atoms with E-state index in [1.165, 1.54) is 12.3 Å². The van der Waals surface area contributed by atoms with E-state index in [1.54, 1.807) is 13.8 Å². The number of nitrogen functional groups attached to an aromatic ring is 1. The first-order valence-corrected chi connectivity index (χ1v) is 5.26. The molecule has 0 aliphatic carbocycles. The minimum absolute atomic E-state index is 0.00533. The van der Waals surface area contributed by atoms with Gasteiger partial charge in [0.1, 0.15) is 5.82 Å². The van der Waals surface area contributed by atoms with E-state index in [1.807, 2.05) is 0 Å². The first kappa shape index (κ1) is 13.8. The largest absolute Gasteiger partial charge is 0.478 e. The minimum atomic E-state index is -1.10. The Hall–Kier alpha value is -2.31. The number of carboxylic acid groups (broad SMARTS) is 1. The lowest BCUT2D eigenvalue weighted by Crippen LogP contribution is -2.36. The molecule has 1 aromatic rings. The molecule has 1 heterocycles. The van der Waals surface area contributed by atoms with Crippen molar-refractivity contribution in [1.82, 2.24) is 4.98 Å². The van der Waals surface area contributed by atoms with Gasteiger partial charge in [-0.05, 0) is 19.9 Å². The number of aromatic nitrogens is 1. The van der Waals surface area contributed by atoms with Gasteiger partial charge in [0.25, 0.3) is 0 Å². The number of anilines is 2. The fourth-order valence-corrected chi connectivity index (χ4v) is 1.50. The average molecular weight is 252 g/mol. The third-order valence-corrected chi connectivity index (χ3v) is 2.24. The maximum atomic E-state index is 10.9. The molecule has 0 saturated heterocycles. The fraction of sp³-hybridized carbons (Fsp3) is 0.364. The number of carbonyl (C=O) groups is 2. The third-order valence-electron chi connectivity index (χ3n) is 2.24. The number of carbonyl (C=O) groups excluding carboxylic acids is 1. The number of pyridine rings is 1. The Morgan fingerprint density at radius 3 is 2.56 bits per heavy atom. The van der Waals surface area contributed by atoms with Crippen LogP contribution in [0, 0.1) is 0 Å². The molecule has 7 heteroatoms. The molecule has 0 fully saturated rings. The van der Waals surface area contributed by atoms with Gasteiger partial charge in [0.05, 0.1) is 11.3 Å². The molecule has 1 rings (SSSR count). The summed E-state index contributed by atoms with van der Waals surface area (Å²) in [7, 11) is 0. The topological polar surface area (TPSA) is 131 Å². The molecular weight excluding hydrogens is 236 g/mol. The minimum Gasteiger partial charge on any atom is -0.478 e. The van der Waals surface area contributed by atoms with Crippen LogP contribution in [0.15, 0.2) is 12.3 Å². The zero-order chi connectivity index (χ0) is 13.9. The van der Waals surface area contributed by atoms with E-state index in [-0.39, 0.29) is 17.7 Å².